The molecule has 1 fully saturated rings. The highest BCUT2D eigenvalue weighted by molar-refractivity contribution is 7.89. The van der Waals surface area contributed by atoms with Gasteiger partial charge < -0.3 is 4.74 Å². The third kappa shape index (κ3) is 3.62. The summed E-state index contributed by atoms with van der Waals surface area (Å²) >= 11 is 0. The van der Waals surface area contributed by atoms with E-state index in [2.05, 4.69) is 4.72 Å². The number of Topliss-reactive ketones (excluding diaryl/α,β-unsaturated/α-hetero) is 1. The van der Waals surface area contributed by atoms with Crippen LogP contribution in [0.25, 0.3) is 0 Å². The minimum Gasteiger partial charge on any atom is -0.381 e. The largest absolute Gasteiger partial charge is 0.381 e. The van der Waals surface area contributed by atoms with Gasteiger partial charge in [-0.25, -0.2) is 13.1 Å². The van der Waals surface area contributed by atoms with E-state index in [1.165, 1.54) is 19.1 Å². The van der Waals surface area contributed by atoms with Gasteiger partial charge in [0.25, 0.3) is 0 Å². The minimum atomic E-state index is -3.56. The summed E-state index contributed by atoms with van der Waals surface area (Å²) in [6.45, 7) is 3.06. The normalized spacial score (nSPS) is 19.5. The molecular weight excluding hydrogens is 266 g/mol. The highest BCUT2D eigenvalue weighted by atomic mass is 32.2. The lowest BCUT2D eigenvalue weighted by molar-refractivity contribution is 0.101. The molecule has 1 heterocycles. The number of rotatable bonds is 5. The summed E-state index contributed by atoms with van der Waals surface area (Å²) in [6.07, 6.45) is 0.871. The van der Waals surface area contributed by atoms with Crippen molar-refractivity contribution < 1.29 is 17.9 Å². The fraction of sp³-hybridized carbons (Fsp3) is 0.462. The van der Waals surface area contributed by atoms with Gasteiger partial charge in [0.05, 0.1) is 11.5 Å². The van der Waals surface area contributed by atoms with Crippen LogP contribution < -0.4 is 4.72 Å². The quantitative estimate of drug-likeness (QED) is 0.824. The molecule has 0 aliphatic carbocycles. The van der Waals surface area contributed by atoms with E-state index in [1.807, 2.05) is 0 Å². The SMILES string of the molecule is CC(=O)c1cccc(S(=O)(=O)NC[C@@H]2CCOC2)c1. The Hall–Kier alpha value is -1.24. The molecule has 1 atom stereocenters. The smallest absolute Gasteiger partial charge is 0.240 e. The van der Waals surface area contributed by atoms with Crippen LogP contribution in [-0.2, 0) is 14.8 Å². The van der Waals surface area contributed by atoms with Gasteiger partial charge in [-0.1, -0.05) is 12.1 Å². The maximum Gasteiger partial charge on any atom is 0.240 e. The molecule has 0 spiro atoms. The number of benzene rings is 1. The monoisotopic (exact) mass is 283 g/mol. The number of hydrogen-bond acceptors (Lipinski definition) is 4. The van der Waals surface area contributed by atoms with Crippen molar-refractivity contribution in [1.29, 1.82) is 0 Å². The number of ether oxygens (including phenoxy) is 1. The van der Waals surface area contributed by atoms with Crippen LogP contribution in [0.1, 0.15) is 23.7 Å². The zero-order valence-electron chi connectivity index (χ0n) is 10.8. The maximum atomic E-state index is 12.1. The van der Waals surface area contributed by atoms with Crippen LogP contribution in [0.4, 0.5) is 0 Å². The molecular formula is C13H17NO4S. The van der Waals surface area contributed by atoms with Gasteiger partial charge in [-0.05, 0) is 31.4 Å². The summed E-state index contributed by atoms with van der Waals surface area (Å²) in [5.41, 5.74) is 0.395. The van der Waals surface area contributed by atoms with Crippen LogP contribution in [0.5, 0.6) is 0 Å². The Balaban J connectivity index is 2.09. The second kappa shape index (κ2) is 5.81. The molecule has 6 heteroatoms. The zero-order chi connectivity index (χ0) is 13.9. The fourth-order valence-corrected chi connectivity index (χ4v) is 3.10. The lowest BCUT2D eigenvalue weighted by Crippen LogP contribution is -2.29. The molecule has 0 aromatic heterocycles. The van der Waals surface area contributed by atoms with Crippen molar-refractivity contribution in [2.45, 2.75) is 18.2 Å². The molecule has 1 aliphatic rings. The van der Waals surface area contributed by atoms with Crippen molar-refractivity contribution in [2.24, 2.45) is 5.92 Å². The maximum absolute atomic E-state index is 12.1. The first-order chi connectivity index (χ1) is 8.99. The van der Waals surface area contributed by atoms with E-state index in [0.717, 1.165) is 6.42 Å². The standard InChI is InChI=1S/C13H17NO4S/c1-10(15)12-3-2-4-13(7-12)19(16,17)14-8-11-5-6-18-9-11/h2-4,7,11,14H,5-6,8-9H2,1H3/t11-/m0/s1. The number of hydrogen-bond donors (Lipinski definition) is 1. The first-order valence-electron chi connectivity index (χ1n) is 6.17. The Morgan fingerprint density at radius 3 is 2.89 bits per heavy atom. The number of sulfonamides is 1. The van der Waals surface area contributed by atoms with E-state index >= 15 is 0 Å². The third-order valence-corrected chi connectivity index (χ3v) is 4.56. The summed E-state index contributed by atoms with van der Waals surface area (Å²) in [6, 6.07) is 6.06. The van der Waals surface area contributed by atoms with Crippen LogP contribution in [0.15, 0.2) is 29.2 Å². The van der Waals surface area contributed by atoms with E-state index in [0.29, 0.717) is 25.3 Å². The predicted molar refractivity (Wildman–Crippen MR) is 70.6 cm³/mol. The Labute approximate surface area is 113 Å². The molecule has 0 bridgehead atoms. The van der Waals surface area contributed by atoms with Crippen LogP contribution in [0.2, 0.25) is 0 Å². The second-order valence-electron chi connectivity index (χ2n) is 4.67. The van der Waals surface area contributed by atoms with Gasteiger partial charge in [0.1, 0.15) is 0 Å². The van der Waals surface area contributed by atoms with Crippen molar-refractivity contribution in [3.05, 3.63) is 29.8 Å². The molecule has 0 amide bonds. The van der Waals surface area contributed by atoms with E-state index in [4.69, 9.17) is 4.74 Å². The van der Waals surface area contributed by atoms with Crippen LogP contribution in [0, 0.1) is 5.92 Å². The minimum absolute atomic E-state index is 0.124. The first-order valence-corrected chi connectivity index (χ1v) is 7.66. The fourth-order valence-electron chi connectivity index (χ4n) is 1.94. The highest BCUT2D eigenvalue weighted by Crippen LogP contribution is 2.15. The van der Waals surface area contributed by atoms with Gasteiger partial charge in [0.15, 0.2) is 5.78 Å². The lowest BCUT2D eigenvalue weighted by atomic mass is 10.1. The molecule has 0 unspecified atom stereocenters. The van der Waals surface area contributed by atoms with Crippen molar-refractivity contribution in [1.82, 2.24) is 4.72 Å². The van der Waals surface area contributed by atoms with Gasteiger partial charge in [-0.15, -0.1) is 0 Å². The molecule has 5 nitrogen and oxygen atoms in total. The van der Waals surface area contributed by atoms with E-state index in [-0.39, 0.29) is 16.6 Å². The van der Waals surface area contributed by atoms with Crippen LogP contribution in [0.3, 0.4) is 0 Å². The van der Waals surface area contributed by atoms with Crippen molar-refractivity contribution in [3.63, 3.8) is 0 Å². The summed E-state index contributed by atoms with van der Waals surface area (Å²) in [4.78, 5) is 11.4. The molecule has 1 N–H and O–H groups in total. The summed E-state index contributed by atoms with van der Waals surface area (Å²) < 4.78 is 32.0. The number of ketones is 1. The third-order valence-electron chi connectivity index (χ3n) is 3.14. The predicted octanol–water partition coefficient (Wildman–Crippen LogP) is 1.20. The van der Waals surface area contributed by atoms with E-state index in [9.17, 15) is 13.2 Å². The molecule has 104 valence electrons. The number of carbonyl (C=O) groups is 1. The molecule has 0 radical (unpaired) electrons. The van der Waals surface area contributed by atoms with Crippen molar-refractivity contribution >= 4 is 15.8 Å². The Kier molecular flexibility index (Phi) is 4.34. The molecule has 0 saturated carbocycles. The van der Waals surface area contributed by atoms with Crippen LogP contribution in [-0.4, -0.2) is 34.0 Å². The Morgan fingerprint density at radius 1 is 1.47 bits per heavy atom. The van der Waals surface area contributed by atoms with Crippen molar-refractivity contribution in [2.75, 3.05) is 19.8 Å². The highest BCUT2D eigenvalue weighted by Gasteiger charge is 2.20. The summed E-state index contributed by atoms with van der Waals surface area (Å²) in [5, 5.41) is 0. The van der Waals surface area contributed by atoms with Crippen molar-refractivity contribution in [3.8, 4) is 0 Å². The van der Waals surface area contributed by atoms with Gasteiger partial charge in [0.2, 0.25) is 10.0 Å². The van der Waals surface area contributed by atoms with E-state index < -0.39 is 10.0 Å². The Bertz CT molecular complexity index is 562. The molecule has 19 heavy (non-hydrogen) atoms. The van der Waals surface area contributed by atoms with Gasteiger partial charge >= 0.3 is 0 Å². The average molecular weight is 283 g/mol. The average Bonchev–Trinajstić information content (AvgIpc) is 2.90. The molecule has 2 rings (SSSR count). The van der Waals surface area contributed by atoms with Crippen LogP contribution >= 0.6 is 0 Å². The topological polar surface area (TPSA) is 72.5 Å². The molecule has 1 aliphatic heterocycles. The molecule has 1 saturated heterocycles. The lowest BCUT2D eigenvalue weighted by Gasteiger charge is -2.10. The second-order valence-corrected chi connectivity index (χ2v) is 6.43. The Morgan fingerprint density at radius 2 is 2.26 bits per heavy atom. The van der Waals surface area contributed by atoms with Gasteiger partial charge in [0, 0.05) is 18.7 Å². The summed E-state index contributed by atoms with van der Waals surface area (Å²) in [7, 11) is -3.56. The van der Waals surface area contributed by atoms with Gasteiger partial charge in [-0.2, -0.15) is 0 Å². The number of carbonyl (C=O) groups excluding carboxylic acids is 1. The molecule has 1 aromatic rings. The molecule has 1 aromatic carbocycles. The van der Waals surface area contributed by atoms with E-state index in [1.54, 1.807) is 12.1 Å². The first kappa shape index (κ1) is 14.2. The summed E-state index contributed by atoms with van der Waals surface area (Å²) in [5.74, 6) is 0.0759. The van der Waals surface area contributed by atoms with Gasteiger partial charge in [-0.3, -0.25) is 4.79 Å². The number of nitrogens with one attached hydrogen (secondary N) is 1. The zero-order valence-corrected chi connectivity index (χ0v) is 11.6.